The van der Waals surface area contributed by atoms with Gasteiger partial charge >= 0.3 is 5.92 Å². The van der Waals surface area contributed by atoms with Gasteiger partial charge in [0.2, 0.25) is 0 Å². The number of nitrogens with zero attached hydrogens (tertiary/aromatic N) is 3. The molecule has 1 aromatic carbocycles. The molecule has 4 rings (SSSR count). The van der Waals surface area contributed by atoms with E-state index in [-0.39, 0.29) is 11.4 Å². The van der Waals surface area contributed by atoms with E-state index in [1.807, 2.05) is 6.07 Å². The largest absolute Gasteiger partial charge is 0.354 e. The number of nitrogens with one attached hydrogen (secondary N) is 2. The van der Waals surface area contributed by atoms with Gasteiger partial charge in [-0.15, -0.1) is 11.3 Å². The first-order chi connectivity index (χ1) is 12.9. The Labute approximate surface area is 157 Å². The van der Waals surface area contributed by atoms with Gasteiger partial charge in [0.15, 0.2) is 0 Å². The number of fused-ring (bicyclic) bond motifs is 1. The Morgan fingerprint density at radius 1 is 1.26 bits per heavy atom. The van der Waals surface area contributed by atoms with Crippen molar-refractivity contribution in [3.8, 4) is 17.2 Å². The van der Waals surface area contributed by atoms with Gasteiger partial charge in [0, 0.05) is 11.1 Å². The first kappa shape index (κ1) is 17.2. The summed E-state index contributed by atoms with van der Waals surface area (Å²) in [5.41, 5.74) is -0.257. The van der Waals surface area contributed by atoms with Gasteiger partial charge in [-0.1, -0.05) is 12.1 Å². The monoisotopic (exact) mass is 381 g/mol. The van der Waals surface area contributed by atoms with Crippen LogP contribution < -0.4 is 5.32 Å². The molecule has 1 aliphatic rings. The van der Waals surface area contributed by atoms with E-state index < -0.39 is 17.2 Å². The van der Waals surface area contributed by atoms with E-state index in [0.29, 0.717) is 10.4 Å². The number of rotatable bonds is 2. The lowest BCUT2D eigenvalue weighted by Gasteiger charge is -2.42. The molecule has 5 nitrogen and oxygen atoms in total. The quantitative estimate of drug-likeness (QED) is 0.702. The maximum Gasteiger partial charge on any atom is 0.317 e. The van der Waals surface area contributed by atoms with Crippen LogP contribution >= 0.6 is 11.3 Å². The zero-order valence-corrected chi connectivity index (χ0v) is 14.9. The normalized spacial score (nSPS) is 20.4. The molecule has 0 saturated carbocycles. The Hall–Kier alpha value is -3.18. The summed E-state index contributed by atoms with van der Waals surface area (Å²) in [7, 11) is 0. The van der Waals surface area contributed by atoms with Crippen molar-refractivity contribution in [2.75, 3.05) is 0 Å². The third kappa shape index (κ3) is 2.51. The molecule has 8 heteroatoms. The van der Waals surface area contributed by atoms with E-state index in [2.05, 4.69) is 21.4 Å². The molecule has 0 amide bonds. The SMILES string of the molecule is C[C@]1(c2cc(-c3cccc(C#N)c3)cs2)NC(=N)c2cncnc2C1(F)F. The van der Waals surface area contributed by atoms with E-state index in [1.165, 1.54) is 24.5 Å². The predicted molar refractivity (Wildman–Crippen MR) is 97.7 cm³/mol. The summed E-state index contributed by atoms with van der Waals surface area (Å²) in [6.07, 6.45) is 2.29. The lowest BCUT2D eigenvalue weighted by molar-refractivity contribution is -0.0931. The summed E-state index contributed by atoms with van der Waals surface area (Å²) in [5.74, 6) is -3.48. The minimum absolute atomic E-state index is 0.00141. The van der Waals surface area contributed by atoms with Crippen molar-refractivity contribution >= 4 is 17.2 Å². The molecule has 27 heavy (non-hydrogen) atoms. The van der Waals surface area contributed by atoms with Crippen LogP contribution in [0.1, 0.15) is 28.6 Å². The minimum atomic E-state index is -3.34. The Kier molecular flexibility index (Phi) is 3.78. The van der Waals surface area contributed by atoms with E-state index >= 15 is 8.78 Å². The maximum atomic E-state index is 15.3. The Bertz CT molecular complexity index is 1100. The van der Waals surface area contributed by atoms with Gasteiger partial charge in [-0.2, -0.15) is 14.0 Å². The number of nitriles is 1. The average Bonchev–Trinajstić information content (AvgIpc) is 3.18. The molecule has 0 bridgehead atoms. The minimum Gasteiger partial charge on any atom is -0.354 e. The van der Waals surface area contributed by atoms with Crippen molar-refractivity contribution in [2.45, 2.75) is 18.4 Å². The lowest BCUT2D eigenvalue weighted by Crippen LogP contribution is -2.58. The molecule has 2 aromatic heterocycles. The second-order valence-corrected chi connectivity index (χ2v) is 7.29. The van der Waals surface area contributed by atoms with Crippen LogP contribution in [-0.2, 0) is 11.5 Å². The molecule has 3 aromatic rings. The van der Waals surface area contributed by atoms with Crippen LogP contribution in [-0.4, -0.2) is 15.8 Å². The van der Waals surface area contributed by atoms with Gasteiger partial charge in [-0.25, -0.2) is 9.97 Å². The van der Waals surface area contributed by atoms with E-state index in [9.17, 15) is 0 Å². The molecule has 134 valence electrons. The van der Waals surface area contributed by atoms with Crippen molar-refractivity contribution < 1.29 is 8.78 Å². The second-order valence-electron chi connectivity index (χ2n) is 6.38. The fourth-order valence-corrected chi connectivity index (χ4v) is 4.20. The molecule has 0 unspecified atom stereocenters. The van der Waals surface area contributed by atoms with Crippen LogP contribution in [0.2, 0.25) is 0 Å². The predicted octanol–water partition coefficient (Wildman–Crippen LogP) is 4.01. The highest BCUT2D eigenvalue weighted by molar-refractivity contribution is 7.10. The number of aromatic nitrogens is 2. The third-order valence-electron chi connectivity index (χ3n) is 4.70. The fourth-order valence-electron chi connectivity index (χ4n) is 3.13. The fraction of sp³-hybridized carbons (Fsp3) is 0.158. The van der Waals surface area contributed by atoms with Crippen molar-refractivity contribution in [3.05, 3.63) is 69.9 Å². The smallest absolute Gasteiger partial charge is 0.317 e. The van der Waals surface area contributed by atoms with E-state index in [4.69, 9.17) is 10.7 Å². The van der Waals surface area contributed by atoms with Crippen molar-refractivity contribution in [3.63, 3.8) is 0 Å². The van der Waals surface area contributed by atoms with Crippen molar-refractivity contribution in [1.29, 1.82) is 10.7 Å². The molecule has 0 spiro atoms. The summed E-state index contributed by atoms with van der Waals surface area (Å²) >= 11 is 1.18. The summed E-state index contributed by atoms with van der Waals surface area (Å²) in [6.45, 7) is 1.37. The number of alkyl halides is 2. The first-order valence-electron chi connectivity index (χ1n) is 8.02. The van der Waals surface area contributed by atoms with Crippen molar-refractivity contribution in [1.82, 2.24) is 15.3 Å². The molecule has 0 radical (unpaired) electrons. The molecule has 1 atom stereocenters. The van der Waals surface area contributed by atoms with Gasteiger partial charge in [0.25, 0.3) is 0 Å². The Balaban J connectivity index is 1.81. The summed E-state index contributed by atoms with van der Waals surface area (Å²) < 4.78 is 30.7. The highest BCUT2D eigenvalue weighted by Crippen LogP contribution is 2.50. The number of amidine groups is 1. The van der Waals surface area contributed by atoms with Gasteiger partial charge in [-0.05, 0) is 41.6 Å². The highest BCUT2D eigenvalue weighted by Gasteiger charge is 2.59. The maximum absolute atomic E-state index is 15.3. The van der Waals surface area contributed by atoms with Gasteiger partial charge in [0.1, 0.15) is 23.4 Å². The molecule has 0 aliphatic carbocycles. The zero-order chi connectivity index (χ0) is 19.2. The summed E-state index contributed by atoms with van der Waals surface area (Å²) in [5, 5.41) is 21.6. The molecule has 1 aliphatic heterocycles. The number of hydrogen-bond acceptors (Lipinski definition) is 5. The number of benzene rings is 1. The Morgan fingerprint density at radius 2 is 2.07 bits per heavy atom. The van der Waals surface area contributed by atoms with Gasteiger partial charge in [-0.3, -0.25) is 5.41 Å². The molecule has 0 fully saturated rings. The summed E-state index contributed by atoms with van der Waals surface area (Å²) in [6, 6.07) is 10.7. The molecular weight excluding hydrogens is 368 g/mol. The molecular formula is C19H13F2N5S. The number of hydrogen-bond donors (Lipinski definition) is 2. The van der Waals surface area contributed by atoms with Crippen LogP contribution in [0.4, 0.5) is 8.78 Å². The van der Waals surface area contributed by atoms with Crippen LogP contribution in [0.3, 0.4) is 0 Å². The van der Waals surface area contributed by atoms with Crippen LogP contribution in [0, 0.1) is 16.7 Å². The first-order valence-corrected chi connectivity index (χ1v) is 8.90. The van der Waals surface area contributed by atoms with Crippen LogP contribution in [0.5, 0.6) is 0 Å². The van der Waals surface area contributed by atoms with Gasteiger partial charge in [0.05, 0.1) is 17.2 Å². The van der Waals surface area contributed by atoms with E-state index in [1.54, 1.807) is 29.6 Å². The molecule has 3 heterocycles. The summed E-state index contributed by atoms with van der Waals surface area (Å²) in [4.78, 5) is 7.88. The van der Waals surface area contributed by atoms with Crippen LogP contribution in [0.15, 0.2) is 48.2 Å². The van der Waals surface area contributed by atoms with E-state index in [0.717, 1.165) is 17.5 Å². The number of thiophene rings is 1. The van der Waals surface area contributed by atoms with Crippen LogP contribution in [0.25, 0.3) is 11.1 Å². The molecule has 0 saturated heterocycles. The molecule has 2 N–H and O–H groups in total. The lowest BCUT2D eigenvalue weighted by atomic mass is 9.83. The zero-order valence-electron chi connectivity index (χ0n) is 14.1. The van der Waals surface area contributed by atoms with Gasteiger partial charge < -0.3 is 5.32 Å². The highest BCUT2D eigenvalue weighted by atomic mass is 32.1. The second kappa shape index (κ2) is 5.93. The van der Waals surface area contributed by atoms with Crippen molar-refractivity contribution in [2.24, 2.45) is 0 Å². The third-order valence-corrected chi connectivity index (χ3v) is 5.85. The topological polar surface area (TPSA) is 85.5 Å². The standard InChI is InChI=1S/C19H13F2N5S/c1-18(19(20,21)16-14(17(23)26-18)8-24-10-25-16)15-6-13(9-27-15)12-4-2-3-11(5-12)7-22/h2-6,8-10H,1H3,(H2,23,26)/t18-/m1/s1. The number of halogens is 2. The Morgan fingerprint density at radius 3 is 2.85 bits per heavy atom. The average molecular weight is 381 g/mol.